The summed E-state index contributed by atoms with van der Waals surface area (Å²) in [6.45, 7) is 5.72. The van der Waals surface area contributed by atoms with Gasteiger partial charge in [0.1, 0.15) is 18.0 Å². The minimum absolute atomic E-state index is 0.227. The zero-order chi connectivity index (χ0) is 15.9. The van der Waals surface area contributed by atoms with Crippen LogP contribution >= 0.6 is 0 Å². The third-order valence-electron chi connectivity index (χ3n) is 4.46. The molecule has 1 aliphatic rings. The molecule has 0 heterocycles. The lowest BCUT2D eigenvalue weighted by Gasteiger charge is -2.43. The third kappa shape index (κ3) is 4.67. The van der Waals surface area contributed by atoms with E-state index in [1.54, 1.807) is 13.2 Å². The van der Waals surface area contributed by atoms with Crippen molar-refractivity contribution in [2.24, 2.45) is 11.8 Å². The summed E-state index contributed by atoms with van der Waals surface area (Å²) in [5.41, 5.74) is -0.706. The van der Waals surface area contributed by atoms with E-state index >= 15 is 0 Å². The Labute approximate surface area is 127 Å². The van der Waals surface area contributed by atoms with Crippen LogP contribution in [0, 0.1) is 11.8 Å². The van der Waals surface area contributed by atoms with Crippen LogP contribution in [0.3, 0.4) is 0 Å². The molecule has 0 aromatic carbocycles. The maximum atomic E-state index is 11.6. The van der Waals surface area contributed by atoms with E-state index in [4.69, 9.17) is 9.47 Å². The van der Waals surface area contributed by atoms with Crippen LogP contribution in [-0.4, -0.2) is 31.1 Å². The molecule has 0 radical (unpaired) electrons. The van der Waals surface area contributed by atoms with Gasteiger partial charge in [-0.25, -0.2) is 0 Å². The minimum Gasteiger partial charge on any atom is -0.459 e. The zero-order valence-corrected chi connectivity index (χ0v) is 13.6. The highest BCUT2D eigenvalue weighted by Gasteiger charge is 2.45. The van der Waals surface area contributed by atoms with E-state index in [2.05, 4.69) is 13.8 Å². The molecule has 4 heteroatoms. The molecular weight excluding hydrogens is 268 g/mol. The van der Waals surface area contributed by atoms with Gasteiger partial charge in [0.2, 0.25) is 0 Å². The highest BCUT2D eigenvalue weighted by Crippen LogP contribution is 2.39. The van der Waals surface area contributed by atoms with E-state index in [0.29, 0.717) is 5.92 Å². The van der Waals surface area contributed by atoms with Crippen LogP contribution in [0.2, 0.25) is 0 Å². The maximum absolute atomic E-state index is 11.6. The Kier molecular flexibility index (Phi) is 7.09. The smallest absolute Gasteiger partial charge is 0.303 e. The third-order valence-corrected chi connectivity index (χ3v) is 4.46. The fraction of sp³-hybridized carbons (Fsp3) is 0.765. The second kappa shape index (κ2) is 8.32. The Morgan fingerprint density at radius 2 is 2.00 bits per heavy atom. The summed E-state index contributed by atoms with van der Waals surface area (Å²) in [7, 11) is 1.63. The molecule has 0 saturated heterocycles. The number of hydrogen-bond acceptors (Lipinski definition) is 4. The molecular formula is C17H28O4. The van der Waals surface area contributed by atoms with Gasteiger partial charge in [-0.05, 0) is 30.9 Å². The van der Waals surface area contributed by atoms with E-state index in [1.165, 1.54) is 13.0 Å². The van der Waals surface area contributed by atoms with Gasteiger partial charge in [-0.3, -0.25) is 9.59 Å². The Morgan fingerprint density at radius 1 is 1.29 bits per heavy atom. The molecule has 0 amide bonds. The molecule has 1 rings (SSSR count). The van der Waals surface area contributed by atoms with Crippen molar-refractivity contribution in [3.8, 4) is 0 Å². The van der Waals surface area contributed by atoms with Crippen molar-refractivity contribution >= 4 is 12.3 Å². The number of carbonyl (C=O) groups excluding carboxylic acids is 2. The molecule has 4 nitrogen and oxygen atoms in total. The quantitative estimate of drug-likeness (QED) is 0.444. The van der Waals surface area contributed by atoms with E-state index in [-0.39, 0.29) is 18.0 Å². The first kappa shape index (κ1) is 17.9. The number of aldehydes is 1. The summed E-state index contributed by atoms with van der Waals surface area (Å²) >= 11 is 0. The van der Waals surface area contributed by atoms with Gasteiger partial charge >= 0.3 is 5.97 Å². The Balaban J connectivity index is 3.23. The monoisotopic (exact) mass is 296 g/mol. The van der Waals surface area contributed by atoms with Gasteiger partial charge in [0, 0.05) is 20.0 Å². The maximum Gasteiger partial charge on any atom is 0.303 e. The summed E-state index contributed by atoms with van der Waals surface area (Å²) < 4.78 is 11.5. The average molecular weight is 296 g/mol. The molecule has 0 aromatic rings. The number of ether oxygens (including phenoxy) is 2. The predicted molar refractivity (Wildman–Crippen MR) is 81.9 cm³/mol. The lowest BCUT2D eigenvalue weighted by molar-refractivity contribution is -0.173. The molecule has 120 valence electrons. The number of esters is 1. The van der Waals surface area contributed by atoms with Crippen LogP contribution in [-0.2, 0) is 19.1 Å². The van der Waals surface area contributed by atoms with Crippen molar-refractivity contribution < 1.29 is 19.1 Å². The van der Waals surface area contributed by atoms with E-state index in [0.717, 1.165) is 38.4 Å². The molecule has 1 aliphatic carbocycles. The molecule has 0 bridgehead atoms. The van der Waals surface area contributed by atoms with Crippen LogP contribution in [0.1, 0.15) is 52.9 Å². The van der Waals surface area contributed by atoms with Crippen molar-refractivity contribution in [2.45, 2.75) is 64.6 Å². The van der Waals surface area contributed by atoms with Gasteiger partial charge in [-0.15, -0.1) is 0 Å². The fourth-order valence-corrected chi connectivity index (χ4v) is 3.33. The van der Waals surface area contributed by atoms with Crippen molar-refractivity contribution in [1.82, 2.24) is 0 Å². The predicted octanol–water partition coefficient (Wildman–Crippen LogP) is 3.29. The number of rotatable bonds is 5. The first-order valence-corrected chi connectivity index (χ1v) is 7.82. The SMILES string of the molecule is COC1(C=CC=O)CCCCCC(C(C)C)C1OC(C)=O. The van der Waals surface area contributed by atoms with Crippen molar-refractivity contribution in [2.75, 3.05) is 7.11 Å². The van der Waals surface area contributed by atoms with Crippen molar-refractivity contribution in [3.63, 3.8) is 0 Å². The summed E-state index contributed by atoms with van der Waals surface area (Å²) in [6, 6.07) is 0. The zero-order valence-electron chi connectivity index (χ0n) is 13.6. The van der Waals surface area contributed by atoms with Crippen LogP contribution < -0.4 is 0 Å². The molecule has 0 spiro atoms. The highest BCUT2D eigenvalue weighted by atomic mass is 16.6. The summed E-state index contributed by atoms with van der Waals surface area (Å²) in [6.07, 6.45) is 8.66. The Bertz CT molecular complexity index is 375. The summed E-state index contributed by atoms with van der Waals surface area (Å²) in [4.78, 5) is 22.3. The molecule has 21 heavy (non-hydrogen) atoms. The molecule has 1 saturated carbocycles. The molecule has 0 aromatic heterocycles. The second-order valence-corrected chi connectivity index (χ2v) is 6.19. The molecule has 3 atom stereocenters. The van der Waals surface area contributed by atoms with Gasteiger partial charge in [0.25, 0.3) is 0 Å². The van der Waals surface area contributed by atoms with E-state index in [9.17, 15) is 9.59 Å². The largest absolute Gasteiger partial charge is 0.459 e. The van der Waals surface area contributed by atoms with Crippen LogP contribution in [0.15, 0.2) is 12.2 Å². The Hall–Kier alpha value is -1.16. The summed E-state index contributed by atoms with van der Waals surface area (Å²) in [5, 5.41) is 0. The molecule has 1 fully saturated rings. The number of allylic oxidation sites excluding steroid dienone is 1. The number of methoxy groups -OCH3 is 1. The molecule has 3 unspecified atom stereocenters. The van der Waals surface area contributed by atoms with Crippen LogP contribution in [0.4, 0.5) is 0 Å². The van der Waals surface area contributed by atoms with Gasteiger partial charge in [-0.1, -0.05) is 33.1 Å². The standard InChI is InChI=1S/C17H28O4/c1-13(2)15-9-6-5-7-10-17(20-4,11-8-12-18)16(15)21-14(3)19/h8,11-13,15-16H,5-7,9-10H2,1-4H3. The average Bonchev–Trinajstić information content (AvgIpc) is 2.41. The lowest BCUT2D eigenvalue weighted by atomic mass is 9.73. The number of carbonyl (C=O) groups is 2. The van der Waals surface area contributed by atoms with E-state index in [1.807, 2.05) is 0 Å². The highest BCUT2D eigenvalue weighted by molar-refractivity contribution is 5.67. The van der Waals surface area contributed by atoms with Crippen LogP contribution in [0.5, 0.6) is 0 Å². The minimum atomic E-state index is -0.706. The van der Waals surface area contributed by atoms with Gasteiger partial charge in [-0.2, -0.15) is 0 Å². The van der Waals surface area contributed by atoms with Gasteiger partial charge < -0.3 is 9.47 Å². The van der Waals surface area contributed by atoms with Crippen LogP contribution in [0.25, 0.3) is 0 Å². The van der Waals surface area contributed by atoms with Crippen molar-refractivity contribution in [3.05, 3.63) is 12.2 Å². The first-order chi connectivity index (χ1) is 9.96. The van der Waals surface area contributed by atoms with Crippen molar-refractivity contribution in [1.29, 1.82) is 0 Å². The first-order valence-electron chi connectivity index (χ1n) is 7.82. The number of hydrogen-bond donors (Lipinski definition) is 0. The van der Waals surface area contributed by atoms with E-state index < -0.39 is 5.60 Å². The van der Waals surface area contributed by atoms with Gasteiger partial charge in [0.15, 0.2) is 0 Å². The van der Waals surface area contributed by atoms with Gasteiger partial charge in [0.05, 0.1) is 0 Å². The normalized spacial score (nSPS) is 30.9. The summed E-state index contributed by atoms with van der Waals surface area (Å²) in [5.74, 6) is 0.309. The molecule has 0 aliphatic heterocycles. The lowest BCUT2D eigenvalue weighted by Crippen LogP contribution is -2.51. The molecule has 0 N–H and O–H groups in total. The second-order valence-electron chi connectivity index (χ2n) is 6.19. The topological polar surface area (TPSA) is 52.6 Å². The fourth-order valence-electron chi connectivity index (χ4n) is 3.33. The Morgan fingerprint density at radius 3 is 2.52 bits per heavy atom.